The summed E-state index contributed by atoms with van der Waals surface area (Å²) in [5.41, 5.74) is 0.660. The van der Waals surface area contributed by atoms with Gasteiger partial charge in [-0.25, -0.2) is 0 Å². The van der Waals surface area contributed by atoms with Crippen molar-refractivity contribution in [3.8, 4) is 5.75 Å². The van der Waals surface area contributed by atoms with E-state index in [0.29, 0.717) is 18.0 Å². The highest BCUT2D eigenvalue weighted by molar-refractivity contribution is 5.98. The summed E-state index contributed by atoms with van der Waals surface area (Å²) in [5.74, 6) is -0.0642. The summed E-state index contributed by atoms with van der Waals surface area (Å²) >= 11 is 0. The van der Waals surface area contributed by atoms with Gasteiger partial charge >= 0.3 is 0 Å². The predicted octanol–water partition coefficient (Wildman–Crippen LogP) is 0.443. The summed E-state index contributed by atoms with van der Waals surface area (Å²) in [4.78, 5) is 37.1. The standard InChI is InChI=1S/C16H21N3O4/c1-3-17-16(22)11(2)18-14(20)8-9-19-12-6-4-5-7-13(12)23-10-15(19)21/h4-7,11H,3,8-10H2,1-2H3,(H,17,22)(H,18,20)/t11-/m0/s1. The number of para-hydroxylation sites is 2. The molecule has 1 aromatic rings. The van der Waals surface area contributed by atoms with Crippen LogP contribution in [0.4, 0.5) is 5.69 Å². The zero-order valence-electron chi connectivity index (χ0n) is 13.3. The van der Waals surface area contributed by atoms with Crippen molar-refractivity contribution in [3.05, 3.63) is 24.3 Å². The van der Waals surface area contributed by atoms with Crippen LogP contribution in [0.1, 0.15) is 20.3 Å². The molecular weight excluding hydrogens is 298 g/mol. The van der Waals surface area contributed by atoms with E-state index in [9.17, 15) is 14.4 Å². The minimum atomic E-state index is -0.602. The summed E-state index contributed by atoms with van der Waals surface area (Å²) in [7, 11) is 0. The molecule has 0 radical (unpaired) electrons. The van der Waals surface area contributed by atoms with Crippen LogP contribution in [0.2, 0.25) is 0 Å². The highest BCUT2D eigenvalue weighted by Gasteiger charge is 2.25. The SMILES string of the molecule is CCNC(=O)[C@H](C)NC(=O)CCN1C(=O)COc2ccccc21. The minimum Gasteiger partial charge on any atom is -0.482 e. The first kappa shape index (κ1) is 16.8. The van der Waals surface area contributed by atoms with Gasteiger partial charge in [0.1, 0.15) is 11.8 Å². The molecule has 0 bridgehead atoms. The highest BCUT2D eigenvalue weighted by atomic mass is 16.5. The Kier molecular flexibility index (Phi) is 5.56. The molecule has 7 nitrogen and oxygen atoms in total. The fourth-order valence-electron chi connectivity index (χ4n) is 2.32. The number of anilines is 1. The number of ether oxygens (including phenoxy) is 1. The normalized spacial score (nSPS) is 14.5. The van der Waals surface area contributed by atoms with Crippen molar-refractivity contribution < 1.29 is 19.1 Å². The maximum absolute atomic E-state index is 12.0. The Bertz CT molecular complexity index is 603. The maximum Gasteiger partial charge on any atom is 0.265 e. The van der Waals surface area contributed by atoms with Crippen LogP contribution in [-0.2, 0) is 14.4 Å². The van der Waals surface area contributed by atoms with Crippen LogP contribution in [0.25, 0.3) is 0 Å². The number of nitrogens with one attached hydrogen (secondary N) is 2. The molecule has 23 heavy (non-hydrogen) atoms. The van der Waals surface area contributed by atoms with Crippen LogP contribution >= 0.6 is 0 Å². The fraction of sp³-hybridized carbons (Fsp3) is 0.438. The molecule has 0 saturated heterocycles. The molecule has 0 spiro atoms. The summed E-state index contributed by atoms with van der Waals surface area (Å²) < 4.78 is 5.35. The van der Waals surface area contributed by atoms with E-state index in [1.54, 1.807) is 19.1 Å². The molecule has 0 fully saturated rings. The van der Waals surface area contributed by atoms with Gasteiger partial charge in [0.15, 0.2) is 6.61 Å². The number of carbonyl (C=O) groups excluding carboxylic acids is 3. The second-order valence-corrected chi connectivity index (χ2v) is 5.24. The number of rotatable bonds is 6. The lowest BCUT2D eigenvalue weighted by Gasteiger charge is -2.29. The van der Waals surface area contributed by atoms with Crippen LogP contribution in [0.15, 0.2) is 24.3 Å². The average Bonchev–Trinajstić information content (AvgIpc) is 2.54. The van der Waals surface area contributed by atoms with Crippen molar-refractivity contribution in [1.29, 1.82) is 0 Å². The van der Waals surface area contributed by atoms with Gasteiger partial charge in [0.05, 0.1) is 5.69 Å². The van der Waals surface area contributed by atoms with Crippen molar-refractivity contribution in [2.24, 2.45) is 0 Å². The van der Waals surface area contributed by atoms with E-state index < -0.39 is 6.04 Å². The van der Waals surface area contributed by atoms with E-state index in [0.717, 1.165) is 0 Å². The summed E-state index contributed by atoms with van der Waals surface area (Å²) in [6.07, 6.45) is 0.115. The molecule has 124 valence electrons. The third-order valence-electron chi connectivity index (χ3n) is 3.49. The number of carbonyl (C=O) groups is 3. The Morgan fingerprint density at radius 1 is 1.35 bits per heavy atom. The first-order valence-corrected chi connectivity index (χ1v) is 7.62. The third kappa shape index (κ3) is 4.21. The van der Waals surface area contributed by atoms with Crippen LogP contribution in [-0.4, -0.2) is 43.5 Å². The number of nitrogens with zero attached hydrogens (tertiary/aromatic N) is 1. The molecule has 2 rings (SSSR count). The van der Waals surface area contributed by atoms with Gasteiger partial charge < -0.3 is 20.3 Å². The third-order valence-corrected chi connectivity index (χ3v) is 3.49. The van der Waals surface area contributed by atoms with Crippen LogP contribution < -0.4 is 20.3 Å². The van der Waals surface area contributed by atoms with E-state index in [4.69, 9.17) is 4.74 Å². The van der Waals surface area contributed by atoms with Gasteiger partial charge in [0.25, 0.3) is 5.91 Å². The molecular formula is C16H21N3O4. The average molecular weight is 319 g/mol. The minimum absolute atomic E-state index is 0.0338. The topological polar surface area (TPSA) is 87.7 Å². The first-order chi connectivity index (χ1) is 11.0. The number of hydrogen-bond donors (Lipinski definition) is 2. The number of fused-ring (bicyclic) bond motifs is 1. The van der Waals surface area contributed by atoms with E-state index in [2.05, 4.69) is 10.6 Å². The lowest BCUT2D eigenvalue weighted by atomic mass is 10.2. The zero-order valence-corrected chi connectivity index (χ0v) is 13.3. The quantitative estimate of drug-likeness (QED) is 0.796. The molecule has 1 heterocycles. The van der Waals surface area contributed by atoms with Gasteiger partial charge in [-0.1, -0.05) is 12.1 Å². The number of amides is 3. The Labute approximate surface area is 135 Å². The molecule has 1 aliphatic rings. The van der Waals surface area contributed by atoms with E-state index in [-0.39, 0.29) is 37.3 Å². The van der Waals surface area contributed by atoms with Gasteiger partial charge in [-0.3, -0.25) is 14.4 Å². The number of benzene rings is 1. The van der Waals surface area contributed by atoms with Crippen molar-refractivity contribution in [2.45, 2.75) is 26.3 Å². The van der Waals surface area contributed by atoms with Crippen molar-refractivity contribution >= 4 is 23.4 Å². The molecule has 3 amide bonds. The Balaban J connectivity index is 1.91. The summed E-state index contributed by atoms with van der Waals surface area (Å²) in [6.45, 7) is 4.16. The molecule has 0 aromatic heterocycles. The Hall–Kier alpha value is -2.57. The number of hydrogen-bond acceptors (Lipinski definition) is 4. The highest BCUT2D eigenvalue weighted by Crippen LogP contribution is 2.31. The Morgan fingerprint density at radius 3 is 2.83 bits per heavy atom. The summed E-state index contributed by atoms with van der Waals surface area (Å²) in [6, 6.07) is 6.60. The Morgan fingerprint density at radius 2 is 2.09 bits per heavy atom. The second kappa shape index (κ2) is 7.62. The van der Waals surface area contributed by atoms with Crippen LogP contribution in [0.5, 0.6) is 5.75 Å². The summed E-state index contributed by atoms with van der Waals surface area (Å²) in [5, 5.41) is 5.26. The first-order valence-electron chi connectivity index (χ1n) is 7.62. The lowest BCUT2D eigenvalue weighted by molar-refractivity contribution is -0.128. The van der Waals surface area contributed by atoms with Gasteiger partial charge in [0.2, 0.25) is 11.8 Å². The van der Waals surface area contributed by atoms with E-state index >= 15 is 0 Å². The van der Waals surface area contributed by atoms with Crippen LogP contribution in [0.3, 0.4) is 0 Å². The monoisotopic (exact) mass is 319 g/mol. The van der Waals surface area contributed by atoms with Gasteiger partial charge in [-0.05, 0) is 26.0 Å². The largest absolute Gasteiger partial charge is 0.482 e. The van der Waals surface area contributed by atoms with E-state index in [1.807, 2.05) is 19.1 Å². The van der Waals surface area contributed by atoms with Crippen molar-refractivity contribution in [2.75, 3.05) is 24.6 Å². The lowest BCUT2D eigenvalue weighted by Crippen LogP contribution is -2.46. The predicted molar refractivity (Wildman–Crippen MR) is 85.2 cm³/mol. The molecule has 1 atom stereocenters. The maximum atomic E-state index is 12.0. The molecule has 7 heteroatoms. The van der Waals surface area contributed by atoms with Gasteiger partial charge in [-0.15, -0.1) is 0 Å². The zero-order chi connectivity index (χ0) is 16.8. The second-order valence-electron chi connectivity index (χ2n) is 5.24. The van der Waals surface area contributed by atoms with Gasteiger partial charge in [0, 0.05) is 19.5 Å². The molecule has 0 unspecified atom stereocenters. The molecule has 1 aromatic carbocycles. The fourth-order valence-corrected chi connectivity index (χ4v) is 2.32. The van der Waals surface area contributed by atoms with Crippen LogP contribution in [0, 0.1) is 0 Å². The molecule has 0 aliphatic carbocycles. The van der Waals surface area contributed by atoms with Crippen molar-refractivity contribution in [1.82, 2.24) is 10.6 Å². The van der Waals surface area contributed by atoms with Crippen molar-refractivity contribution in [3.63, 3.8) is 0 Å². The molecule has 1 aliphatic heterocycles. The molecule has 2 N–H and O–H groups in total. The molecule has 0 saturated carbocycles. The van der Waals surface area contributed by atoms with Gasteiger partial charge in [-0.2, -0.15) is 0 Å². The number of likely N-dealkylation sites (N-methyl/N-ethyl adjacent to an activating group) is 1. The van der Waals surface area contributed by atoms with E-state index in [1.165, 1.54) is 4.90 Å². The smallest absolute Gasteiger partial charge is 0.265 e.